The van der Waals surface area contributed by atoms with Crippen LogP contribution in [0.5, 0.6) is 0 Å². The molecule has 0 spiro atoms. The van der Waals surface area contributed by atoms with Gasteiger partial charge in [-0.1, -0.05) is 18.9 Å². The number of pyridine rings is 3. The van der Waals surface area contributed by atoms with E-state index in [0.717, 1.165) is 69.0 Å². The van der Waals surface area contributed by atoms with Crippen molar-refractivity contribution in [1.82, 2.24) is 40.4 Å². The number of nitrogens with zero attached hydrogens (tertiary/aromatic N) is 5. The molecule has 0 radical (unpaired) electrons. The molecule has 5 aromatic heterocycles. The van der Waals surface area contributed by atoms with Crippen molar-refractivity contribution in [1.29, 1.82) is 0 Å². The number of hydrogen-bond donors (Lipinski definition) is 3. The minimum Gasteiger partial charge on any atom is -0.336 e. The van der Waals surface area contributed by atoms with Crippen molar-refractivity contribution in [3.63, 3.8) is 0 Å². The molecule has 188 valence electrons. The van der Waals surface area contributed by atoms with Crippen molar-refractivity contribution in [3.8, 4) is 33.9 Å². The molecule has 1 aliphatic rings. The standard InChI is InChI=1S/C30H28N8/c1-2-4-19(3-1)15-32-16-20-13-23(18-33-17-20)22-5-6-25-24(14-22)28(38-37-25)30-35-26-9-12-34-27(29(26)36-30)21-7-10-31-11-8-21/h5-14,17-19,32H,1-4,15-16H2,(H,35,36)(H,37,38). The molecule has 1 aromatic carbocycles. The van der Waals surface area contributed by atoms with Crippen molar-refractivity contribution in [3.05, 3.63) is 79.0 Å². The van der Waals surface area contributed by atoms with Gasteiger partial charge in [0.25, 0.3) is 0 Å². The van der Waals surface area contributed by atoms with Crippen molar-refractivity contribution >= 4 is 21.9 Å². The molecular weight excluding hydrogens is 472 g/mol. The second kappa shape index (κ2) is 9.79. The van der Waals surface area contributed by atoms with E-state index in [1.807, 2.05) is 30.6 Å². The van der Waals surface area contributed by atoms with Gasteiger partial charge in [-0.05, 0) is 72.8 Å². The van der Waals surface area contributed by atoms with E-state index in [2.05, 4.69) is 59.7 Å². The van der Waals surface area contributed by atoms with Crippen molar-refractivity contribution in [2.75, 3.05) is 6.54 Å². The highest BCUT2D eigenvalue weighted by Crippen LogP contribution is 2.32. The topological polar surface area (TPSA) is 108 Å². The fourth-order valence-corrected chi connectivity index (χ4v) is 5.52. The van der Waals surface area contributed by atoms with Crippen LogP contribution in [0.25, 0.3) is 55.8 Å². The van der Waals surface area contributed by atoms with Gasteiger partial charge in [-0.15, -0.1) is 0 Å². The van der Waals surface area contributed by atoms with Gasteiger partial charge < -0.3 is 10.3 Å². The maximum absolute atomic E-state index is 4.92. The first kappa shape index (κ1) is 22.7. The molecule has 5 heterocycles. The van der Waals surface area contributed by atoms with Gasteiger partial charge in [-0.2, -0.15) is 5.10 Å². The normalized spacial score (nSPS) is 14.1. The highest BCUT2D eigenvalue weighted by atomic mass is 15.1. The Morgan fingerprint density at radius 3 is 2.61 bits per heavy atom. The van der Waals surface area contributed by atoms with E-state index in [9.17, 15) is 0 Å². The summed E-state index contributed by atoms with van der Waals surface area (Å²) >= 11 is 0. The average molecular weight is 501 g/mol. The minimum absolute atomic E-state index is 0.703. The summed E-state index contributed by atoms with van der Waals surface area (Å²) in [5.41, 5.74) is 8.63. The number of aromatic amines is 2. The summed E-state index contributed by atoms with van der Waals surface area (Å²) in [7, 11) is 0. The molecule has 6 aromatic rings. The molecule has 38 heavy (non-hydrogen) atoms. The number of benzene rings is 1. The third-order valence-electron chi connectivity index (χ3n) is 7.51. The summed E-state index contributed by atoms with van der Waals surface area (Å²) in [5.74, 6) is 1.53. The predicted molar refractivity (Wildman–Crippen MR) is 149 cm³/mol. The Morgan fingerprint density at radius 1 is 0.816 bits per heavy atom. The monoisotopic (exact) mass is 500 g/mol. The summed E-state index contributed by atoms with van der Waals surface area (Å²) in [5, 5.41) is 12.4. The quantitative estimate of drug-likeness (QED) is 0.252. The second-order valence-electron chi connectivity index (χ2n) is 10.1. The third kappa shape index (κ3) is 4.33. The lowest BCUT2D eigenvalue weighted by Crippen LogP contribution is -2.20. The lowest BCUT2D eigenvalue weighted by Gasteiger charge is -2.11. The molecule has 1 saturated carbocycles. The Bertz CT molecular complexity index is 1710. The van der Waals surface area contributed by atoms with Gasteiger partial charge in [0.1, 0.15) is 11.2 Å². The first-order valence-electron chi connectivity index (χ1n) is 13.2. The minimum atomic E-state index is 0.703. The van der Waals surface area contributed by atoms with Crippen LogP contribution in [0.1, 0.15) is 31.2 Å². The van der Waals surface area contributed by atoms with Crippen molar-refractivity contribution < 1.29 is 0 Å². The van der Waals surface area contributed by atoms with Gasteiger partial charge in [0.15, 0.2) is 5.82 Å². The van der Waals surface area contributed by atoms with E-state index >= 15 is 0 Å². The molecule has 1 fully saturated rings. The zero-order valence-corrected chi connectivity index (χ0v) is 21.0. The van der Waals surface area contributed by atoms with Gasteiger partial charge in [-0.3, -0.25) is 20.1 Å². The second-order valence-corrected chi connectivity index (χ2v) is 10.1. The fourth-order valence-electron chi connectivity index (χ4n) is 5.52. The van der Waals surface area contributed by atoms with Crippen molar-refractivity contribution in [2.45, 2.75) is 32.2 Å². The van der Waals surface area contributed by atoms with Crippen LogP contribution in [0.3, 0.4) is 0 Å². The number of aromatic nitrogens is 7. The van der Waals surface area contributed by atoms with Crippen LogP contribution < -0.4 is 5.32 Å². The number of rotatable bonds is 7. The van der Waals surface area contributed by atoms with Crippen LogP contribution >= 0.6 is 0 Å². The molecule has 0 unspecified atom stereocenters. The number of imidazole rings is 1. The van der Waals surface area contributed by atoms with Gasteiger partial charge in [0, 0.05) is 54.0 Å². The first-order valence-corrected chi connectivity index (χ1v) is 13.2. The predicted octanol–water partition coefficient (Wildman–Crippen LogP) is 5.91. The zero-order chi connectivity index (χ0) is 25.3. The summed E-state index contributed by atoms with van der Waals surface area (Å²) < 4.78 is 0. The summed E-state index contributed by atoms with van der Waals surface area (Å²) in [6, 6.07) is 14.4. The number of nitrogens with one attached hydrogen (secondary N) is 3. The number of H-pyrrole nitrogens is 2. The number of hydrogen-bond acceptors (Lipinski definition) is 6. The molecule has 3 N–H and O–H groups in total. The Balaban J connectivity index is 1.20. The summed E-state index contributed by atoms with van der Waals surface area (Å²) in [4.78, 5) is 21.6. The van der Waals surface area contributed by atoms with Crippen LogP contribution in [-0.4, -0.2) is 41.7 Å². The first-order chi connectivity index (χ1) is 18.8. The molecule has 0 aliphatic heterocycles. The van der Waals surface area contributed by atoms with Crippen LogP contribution in [-0.2, 0) is 6.54 Å². The lowest BCUT2D eigenvalue weighted by molar-refractivity contribution is 0.489. The SMILES string of the molecule is c1cc(-c2nccc3[nH]c(-c4n[nH]c5ccc(-c6cncc(CNCC7CCCC7)c6)cc45)nc23)ccn1. The maximum atomic E-state index is 4.92. The maximum Gasteiger partial charge on any atom is 0.159 e. The molecular formula is C30H28N8. The van der Waals surface area contributed by atoms with E-state index in [4.69, 9.17) is 4.98 Å². The summed E-state index contributed by atoms with van der Waals surface area (Å²) in [6.07, 6.45) is 14.7. The molecule has 8 nitrogen and oxygen atoms in total. The molecule has 8 heteroatoms. The van der Waals surface area contributed by atoms with E-state index in [1.165, 1.54) is 31.2 Å². The van der Waals surface area contributed by atoms with Crippen LogP contribution in [0.15, 0.2) is 73.4 Å². The van der Waals surface area contributed by atoms with E-state index in [-0.39, 0.29) is 0 Å². The summed E-state index contributed by atoms with van der Waals surface area (Å²) in [6.45, 7) is 1.92. The van der Waals surface area contributed by atoms with E-state index < -0.39 is 0 Å². The number of fused-ring (bicyclic) bond motifs is 2. The highest BCUT2D eigenvalue weighted by Gasteiger charge is 2.17. The van der Waals surface area contributed by atoms with E-state index in [1.54, 1.807) is 18.6 Å². The molecule has 7 rings (SSSR count). The van der Waals surface area contributed by atoms with Crippen LogP contribution in [0.4, 0.5) is 0 Å². The molecule has 1 aliphatic carbocycles. The van der Waals surface area contributed by atoms with Gasteiger partial charge in [0.2, 0.25) is 0 Å². The molecule has 0 bridgehead atoms. The van der Waals surface area contributed by atoms with Gasteiger partial charge >= 0.3 is 0 Å². The zero-order valence-electron chi connectivity index (χ0n) is 21.0. The Kier molecular flexibility index (Phi) is 5.86. The Hall–Kier alpha value is -4.43. The van der Waals surface area contributed by atoms with Gasteiger partial charge in [0.05, 0.1) is 16.7 Å². The average Bonchev–Trinajstić information content (AvgIpc) is 3.73. The van der Waals surface area contributed by atoms with Gasteiger partial charge in [-0.25, -0.2) is 4.98 Å². The molecule has 0 saturated heterocycles. The molecule has 0 amide bonds. The van der Waals surface area contributed by atoms with Crippen LogP contribution in [0, 0.1) is 5.92 Å². The Labute approximate surface area is 220 Å². The largest absolute Gasteiger partial charge is 0.336 e. The third-order valence-corrected chi connectivity index (χ3v) is 7.51. The fraction of sp³-hybridized carbons (Fsp3) is 0.233. The Morgan fingerprint density at radius 2 is 1.71 bits per heavy atom. The van der Waals surface area contributed by atoms with E-state index in [0.29, 0.717) is 5.82 Å². The van der Waals surface area contributed by atoms with Crippen LogP contribution in [0.2, 0.25) is 0 Å². The smallest absolute Gasteiger partial charge is 0.159 e. The molecule has 0 atom stereocenters. The van der Waals surface area contributed by atoms with Crippen molar-refractivity contribution in [2.24, 2.45) is 5.92 Å². The highest BCUT2D eigenvalue weighted by molar-refractivity contribution is 5.97. The lowest BCUT2D eigenvalue weighted by atomic mass is 10.0.